The van der Waals surface area contributed by atoms with Crippen LogP contribution in [0, 0.1) is 0 Å². The molecular weight excluding hydrogens is 434 g/mol. The zero-order chi connectivity index (χ0) is 24.1. The third-order valence-electron chi connectivity index (χ3n) is 7.50. The zero-order valence-electron chi connectivity index (χ0n) is 19.2. The Morgan fingerprint density at radius 1 is 0.941 bits per heavy atom. The molecule has 0 saturated heterocycles. The summed E-state index contributed by atoms with van der Waals surface area (Å²) in [6.45, 7) is 0. The van der Waals surface area contributed by atoms with Crippen LogP contribution in [0.5, 0.6) is 0 Å². The standard InChI is InChI=1S/C25H23N5O4/c1-27-11-14(17-10-25(17)16-7-5-6-8-19(16)29(3)23(25)33)13-9-18(26-20(13)22(27)32)15-12-28(2)24(34)30(4)21(15)31/h5-9,11-12,17,26H,10H2,1-4H3/t17-,25-/m0/s1. The maximum absolute atomic E-state index is 13.4. The molecule has 1 aromatic carbocycles. The lowest BCUT2D eigenvalue weighted by atomic mass is 9.91. The van der Waals surface area contributed by atoms with Crippen molar-refractivity contribution in [2.45, 2.75) is 17.8 Å². The van der Waals surface area contributed by atoms with Crippen molar-refractivity contribution in [2.24, 2.45) is 21.1 Å². The van der Waals surface area contributed by atoms with Crippen LogP contribution in [-0.2, 0) is 31.4 Å². The first-order chi connectivity index (χ1) is 16.2. The van der Waals surface area contributed by atoms with E-state index in [1.807, 2.05) is 24.3 Å². The molecular formula is C25H23N5O4. The number of aromatic amines is 1. The first kappa shape index (κ1) is 20.5. The number of aryl methyl sites for hydroxylation is 2. The van der Waals surface area contributed by atoms with Crippen molar-refractivity contribution in [1.29, 1.82) is 0 Å². The molecule has 9 nitrogen and oxygen atoms in total. The number of likely N-dealkylation sites (N-methyl/N-ethyl adjacent to an activating group) is 1. The Morgan fingerprint density at radius 3 is 2.44 bits per heavy atom. The average molecular weight is 457 g/mol. The first-order valence-corrected chi connectivity index (χ1v) is 11.0. The highest BCUT2D eigenvalue weighted by atomic mass is 16.2. The molecule has 9 heteroatoms. The van der Waals surface area contributed by atoms with E-state index in [1.165, 1.54) is 22.4 Å². The molecule has 4 heterocycles. The van der Waals surface area contributed by atoms with Crippen LogP contribution >= 0.6 is 0 Å². The van der Waals surface area contributed by atoms with Crippen molar-refractivity contribution in [1.82, 2.24) is 18.7 Å². The predicted molar refractivity (Wildman–Crippen MR) is 128 cm³/mol. The molecule has 4 aromatic rings. The zero-order valence-corrected chi connectivity index (χ0v) is 19.2. The fraction of sp³-hybridized carbons (Fsp3) is 0.280. The van der Waals surface area contributed by atoms with Crippen molar-refractivity contribution >= 4 is 22.5 Å². The monoisotopic (exact) mass is 457 g/mol. The molecule has 0 bridgehead atoms. The van der Waals surface area contributed by atoms with Crippen molar-refractivity contribution < 1.29 is 4.79 Å². The molecule has 1 amide bonds. The Bertz CT molecular complexity index is 1740. The largest absolute Gasteiger partial charge is 0.350 e. The highest BCUT2D eigenvalue weighted by molar-refractivity contribution is 6.11. The van der Waals surface area contributed by atoms with Crippen LogP contribution in [0.4, 0.5) is 5.69 Å². The van der Waals surface area contributed by atoms with Crippen LogP contribution in [-0.4, -0.2) is 31.6 Å². The lowest BCUT2D eigenvalue weighted by molar-refractivity contribution is -0.120. The minimum Gasteiger partial charge on any atom is -0.350 e. The van der Waals surface area contributed by atoms with Gasteiger partial charge in [0, 0.05) is 57.6 Å². The topological polar surface area (TPSA) is 102 Å². The number of para-hydroxylation sites is 1. The third-order valence-corrected chi connectivity index (χ3v) is 7.50. The van der Waals surface area contributed by atoms with Crippen LogP contribution in [0.1, 0.15) is 23.5 Å². The molecule has 1 N–H and O–H groups in total. The number of nitrogens with zero attached hydrogens (tertiary/aromatic N) is 4. The van der Waals surface area contributed by atoms with Crippen LogP contribution in [0.25, 0.3) is 22.2 Å². The summed E-state index contributed by atoms with van der Waals surface area (Å²) in [6.07, 6.45) is 3.93. The van der Waals surface area contributed by atoms with Crippen LogP contribution in [0.2, 0.25) is 0 Å². The van der Waals surface area contributed by atoms with Gasteiger partial charge in [-0.15, -0.1) is 0 Å². The molecule has 0 unspecified atom stereocenters. The van der Waals surface area contributed by atoms with Crippen LogP contribution in [0.3, 0.4) is 0 Å². The van der Waals surface area contributed by atoms with E-state index in [4.69, 9.17) is 0 Å². The smallest absolute Gasteiger partial charge is 0.330 e. The highest BCUT2D eigenvalue weighted by Crippen LogP contribution is 2.66. The molecule has 1 aliphatic heterocycles. The number of aromatic nitrogens is 4. The minimum atomic E-state index is -0.639. The fourth-order valence-electron chi connectivity index (χ4n) is 5.62. The van der Waals surface area contributed by atoms with Gasteiger partial charge in [-0.3, -0.25) is 19.0 Å². The molecule has 2 aliphatic rings. The number of anilines is 1. The number of carbonyl (C=O) groups is 1. The molecule has 0 radical (unpaired) electrons. The fourth-order valence-corrected chi connectivity index (χ4v) is 5.62. The summed E-state index contributed by atoms with van der Waals surface area (Å²) in [7, 11) is 6.48. The van der Waals surface area contributed by atoms with Gasteiger partial charge >= 0.3 is 5.69 Å². The minimum absolute atomic E-state index is 0.0587. The summed E-state index contributed by atoms with van der Waals surface area (Å²) in [5.41, 5.74) is 2.20. The van der Waals surface area contributed by atoms with Gasteiger partial charge in [-0.2, -0.15) is 0 Å². The number of carbonyl (C=O) groups excluding carboxylic acids is 1. The van der Waals surface area contributed by atoms with E-state index in [1.54, 1.807) is 38.3 Å². The number of H-pyrrole nitrogens is 1. The first-order valence-electron chi connectivity index (χ1n) is 11.0. The molecule has 2 atom stereocenters. The lowest BCUT2D eigenvalue weighted by Gasteiger charge is -2.12. The van der Waals surface area contributed by atoms with Gasteiger partial charge in [-0.1, -0.05) is 18.2 Å². The number of pyridine rings is 1. The predicted octanol–water partition coefficient (Wildman–Crippen LogP) is 1.33. The maximum atomic E-state index is 13.4. The van der Waals surface area contributed by atoms with E-state index in [9.17, 15) is 19.2 Å². The molecule has 6 rings (SSSR count). The van der Waals surface area contributed by atoms with Gasteiger partial charge in [-0.25, -0.2) is 4.79 Å². The normalized spacial score (nSPS) is 21.0. The maximum Gasteiger partial charge on any atom is 0.330 e. The lowest BCUT2D eigenvalue weighted by Crippen LogP contribution is -2.37. The summed E-state index contributed by atoms with van der Waals surface area (Å²) in [5, 5.41) is 0.690. The summed E-state index contributed by atoms with van der Waals surface area (Å²) in [6, 6.07) is 9.62. The number of hydrogen-bond donors (Lipinski definition) is 1. The van der Waals surface area contributed by atoms with Crippen LogP contribution in [0.15, 0.2) is 57.1 Å². The number of rotatable bonds is 2. The summed E-state index contributed by atoms with van der Waals surface area (Å²) in [5.74, 6) is -0.0320. The Balaban J connectivity index is 1.57. The number of nitrogens with one attached hydrogen (secondary N) is 1. The Kier molecular flexibility index (Phi) is 3.89. The highest BCUT2D eigenvalue weighted by Gasteiger charge is 2.67. The SMILES string of the molecule is CN1C(=O)[C@@]2(C[C@H]2c2cn(C)c(=O)c3[nH]c(-c4cn(C)c(=O)n(C)c4=O)cc23)c2ccccc21. The van der Waals surface area contributed by atoms with E-state index in [2.05, 4.69) is 4.98 Å². The number of benzene rings is 1. The second-order valence-electron chi connectivity index (χ2n) is 9.38. The molecule has 1 aliphatic carbocycles. The number of fused-ring (bicyclic) bond motifs is 3. The van der Waals surface area contributed by atoms with Gasteiger partial charge in [0.15, 0.2) is 0 Å². The molecule has 34 heavy (non-hydrogen) atoms. The summed E-state index contributed by atoms with van der Waals surface area (Å²) in [4.78, 5) is 56.1. The van der Waals surface area contributed by atoms with Crippen molar-refractivity contribution in [3.8, 4) is 11.3 Å². The van der Waals surface area contributed by atoms with Crippen LogP contribution < -0.4 is 21.7 Å². The Hall–Kier alpha value is -4.14. The summed E-state index contributed by atoms with van der Waals surface area (Å²) >= 11 is 0. The second kappa shape index (κ2) is 6.47. The number of hydrogen-bond acceptors (Lipinski definition) is 4. The van der Waals surface area contributed by atoms with Crippen molar-refractivity contribution in [2.75, 3.05) is 11.9 Å². The van der Waals surface area contributed by atoms with Gasteiger partial charge in [0.05, 0.1) is 16.7 Å². The van der Waals surface area contributed by atoms with Gasteiger partial charge < -0.3 is 19.0 Å². The third kappa shape index (κ3) is 2.38. The van der Waals surface area contributed by atoms with Gasteiger partial charge in [-0.05, 0) is 29.7 Å². The molecule has 172 valence electrons. The average Bonchev–Trinajstić information content (AvgIpc) is 3.36. The second-order valence-corrected chi connectivity index (χ2v) is 9.38. The molecule has 1 fully saturated rings. The van der Waals surface area contributed by atoms with Crippen molar-refractivity contribution in [3.63, 3.8) is 0 Å². The van der Waals surface area contributed by atoms with E-state index in [-0.39, 0.29) is 17.4 Å². The van der Waals surface area contributed by atoms with E-state index < -0.39 is 16.7 Å². The quantitative estimate of drug-likeness (QED) is 0.491. The van der Waals surface area contributed by atoms with Gasteiger partial charge in [0.2, 0.25) is 5.91 Å². The molecule has 3 aromatic heterocycles. The van der Waals surface area contributed by atoms with E-state index >= 15 is 0 Å². The van der Waals surface area contributed by atoms with Gasteiger partial charge in [0.25, 0.3) is 11.1 Å². The molecule has 1 saturated carbocycles. The molecule has 1 spiro atoms. The van der Waals surface area contributed by atoms with E-state index in [0.717, 1.165) is 21.4 Å². The Morgan fingerprint density at radius 2 is 1.68 bits per heavy atom. The number of amides is 1. The van der Waals surface area contributed by atoms with E-state index in [0.29, 0.717) is 28.6 Å². The summed E-state index contributed by atoms with van der Waals surface area (Å²) < 4.78 is 3.89. The van der Waals surface area contributed by atoms with Gasteiger partial charge in [0.1, 0.15) is 5.52 Å². The Labute approximate surface area is 193 Å². The van der Waals surface area contributed by atoms with Crippen molar-refractivity contribution in [3.05, 3.63) is 85.0 Å².